The van der Waals surface area contributed by atoms with Crippen molar-refractivity contribution in [1.29, 1.82) is 0 Å². The quantitative estimate of drug-likeness (QED) is 0.373. The fourth-order valence-corrected chi connectivity index (χ4v) is 6.83. The molecule has 2 aliphatic heterocycles. The van der Waals surface area contributed by atoms with Crippen LogP contribution < -0.4 is 16.0 Å². The molecule has 3 N–H and O–H groups in total. The maximum Gasteiger partial charge on any atom is 0.318 e. The number of fused-ring (bicyclic) bond motifs is 2. The van der Waals surface area contributed by atoms with E-state index >= 15 is 0 Å². The van der Waals surface area contributed by atoms with Gasteiger partial charge in [0.1, 0.15) is 11.2 Å². The maximum atomic E-state index is 14.5. The molecule has 0 bridgehead atoms. The molecular formula is C32H34Cl2FN5O3. The zero-order chi connectivity index (χ0) is 30.6. The highest BCUT2D eigenvalue weighted by Gasteiger charge is 2.65. The van der Waals surface area contributed by atoms with E-state index in [1.807, 2.05) is 41.3 Å². The van der Waals surface area contributed by atoms with E-state index in [9.17, 15) is 18.8 Å². The highest BCUT2D eigenvalue weighted by atomic mass is 35.5. The highest BCUT2D eigenvalue weighted by Crippen LogP contribution is 2.59. The van der Waals surface area contributed by atoms with Gasteiger partial charge in [0, 0.05) is 49.0 Å². The molecule has 3 aliphatic rings. The molecule has 2 fully saturated rings. The van der Waals surface area contributed by atoms with E-state index in [0.717, 1.165) is 10.6 Å². The lowest BCUT2D eigenvalue weighted by atomic mass is 9.64. The number of hydrogen-bond acceptors (Lipinski definition) is 4. The summed E-state index contributed by atoms with van der Waals surface area (Å²) in [7, 11) is 1.60. The van der Waals surface area contributed by atoms with Crippen molar-refractivity contribution in [1.82, 2.24) is 20.4 Å². The Morgan fingerprint density at radius 2 is 1.67 bits per heavy atom. The molecule has 0 radical (unpaired) electrons. The van der Waals surface area contributed by atoms with Gasteiger partial charge >= 0.3 is 6.03 Å². The first-order valence-electron chi connectivity index (χ1n) is 14.3. The van der Waals surface area contributed by atoms with E-state index in [-0.39, 0.29) is 24.4 Å². The number of hydrogen-bond donors (Lipinski definition) is 3. The number of rotatable bonds is 4. The average Bonchev–Trinajstić information content (AvgIpc) is 3.51. The first-order chi connectivity index (χ1) is 20.7. The molecule has 1 saturated carbocycles. The van der Waals surface area contributed by atoms with Gasteiger partial charge in [0.15, 0.2) is 0 Å². The summed E-state index contributed by atoms with van der Waals surface area (Å²) in [5.41, 5.74) is -0.308. The van der Waals surface area contributed by atoms with Gasteiger partial charge in [-0.1, -0.05) is 59.6 Å². The third-order valence-electron chi connectivity index (χ3n) is 8.59. The van der Waals surface area contributed by atoms with Crippen LogP contribution in [0.4, 0.5) is 14.9 Å². The second-order valence-electron chi connectivity index (χ2n) is 11.0. The lowest BCUT2D eigenvalue weighted by molar-refractivity contribution is -0.123. The standard InChI is InChI=1S/C26H29ClFN5O3.C6H5Cl/c1-29-22(34)16-32-10-12-33(13-11-32)24(36)31-26(17-4-2-5-19(28)14-17)9-3-8-25(26)20-7-6-18(27)15-21(20)30-23(25)35;7-6-4-2-1-3-5-6/h2,4-7,14-15H,3,8-13,16H2,1H3,(H,29,34)(H,30,35)(H,31,36);1-5H/t25-,26-;/m0./s1. The summed E-state index contributed by atoms with van der Waals surface area (Å²) < 4.78 is 14.5. The summed E-state index contributed by atoms with van der Waals surface area (Å²) >= 11 is 11.7. The number of benzene rings is 3. The van der Waals surface area contributed by atoms with Crippen LogP contribution in [0.15, 0.2) is 72.8 Å². The number of piperazine rings is 1. The van der Waals surface area contributed by atoms with E-state index in [2.05, 4.69) is 16.0 Å². The molecule has 43 heavy (non-hydrogen) atoms. The summed E-state index contributed by atoms with van der Waals surface area (Å²) in [6.07, 6.45) is 1.66. The fourth-order valence-electron chi connectivity index (χ4n) is 6.51. The van der Waals surface area contributed by atoms with Gasteiger partial charge in [-0.3, -0.25) is 14.5 Å². The van der Waals surface area contributed by atoms with Gasteiger partial charge in [0.05, 0.1) is 12.1 Å². The molecule has 2 heterocycles. The van der Waals surface area contributed by atoms with Crippen LogP contribution in [0.2, 0.25) is 10.0 Å². The third kappa shape index (κ3) is 6.07. The predicted molar refractivity (Wildman–Crippen MR) is 166 cm³/mol. The van der Waals surface area contributed by atoms with Gasteiger partial charge in [-0.15, -0.1) is 0 Å². The van der Waals surface area contributed by atoms with Gasteiger partial charge < -0.3 is 20.9 Å². The van der Waals surface area contributed by atoms with Gasteiger partial charge in [0.25, 0.3) is 0 Å². The Morgan fingerprint density at radius 3 is 2.33 bits per heavy atom. The fraction of sp³-hybridized carbons (Fsp3) is 0.344. The van der Waals surface area contributed by atoms with Crippen LogP contribution in [0, 0.1) is 5.82 Å². The molecule has 226 valence electrons. The van der Waals surface area contributed by atoms with Crippen LogP contribution in [0.3, 0.4) is 0 Å². The Labute approximate surface area is 260 Å². The zero-order valence-corrected chi connectivity index (χ0v) is 25.3. The Hall–Kier alpha value is -3.66. The topological polar surface area (TPSA) is 93.8 Å². The average molecular weight is 627 g/mol. The minimum atomic E-state index is -1.14. The van der Waals surface area contributed by atoms with Crippen LogP contribution in [-0.4, -0.2) is 67.4 Å². The number of likely N-dealkylation sites (N-methyl/N-ethyl adjacent to an activating group) is 1. The van der Waals surface area contributed by atoms with Crippen molar-refractivity contribution >= 4 is 46.7 Å². The molecule has 1 aliphatic carbocycles. The van der Waals surface area contributed by atoms with Crippen molar-refractivity contribution in [2.45, 2.75) is 30.2 Å². The van der Waals surface area contributed by atoms with Gasteiger partial charge in [0.2, 0.25) is 11.8 Å². The Bertz CT molecular complexity index is 1500. The van der Waals surface area contributed by atoms with Gasteiger partial charge in [-0.25, -0.2) is 9.18 Å². The van der Waals surface area contributed by atoms with Crippen molar-refractivity contribution in [3.63, 3.8) is 0 Å². The number of urea groups is 1. The largest absolute Gasteiger partial charge is 0.358 e. The first kappa shape index (κ1) is 30.8. The van der Waals surface area contributed by atoms with Crippen LogP contribution in [0.5, 0.6) is 0 Å². The monoisotopic (exact) mass is 625 g/mol. The van der Waals surface area contributed by atoms with Crippen molar-refractivity contribution in [3.05, 3.63) is 99.8 Å². The van der Waals surface area contributed by atoms with Crippen molar-refractivity contribution in [3.8, 4) is 0 Å². The Kier molecular flexibility index (Phi) is 9.25. The normalized spacial score (nSPS) is 22.8. The molecule has 6 rings (SSSR count). The second kappa shape index (κ2) is 12.9. The SMILES string of the molecule is CNC(=O)CN1CCN(C(=O)N[C@]2(c3cccc(F)c3)CCC[C@]23C(=O)Nc2cc(Cl)ccc23)CC1.Clc1ccccc1. The summed E-state index contributed by atoms with van der Waals surface area (Å²) in [6, 6.07) is 20.6. The molecule has 1 spiro atoms. The molecule has 3 aromatic carbocycles. The van der Waals surface area contributed by atoms with Crippen LogP contribution in [0.25, 0.3) is 0 Å². The van der Waals surface area contributed by atoms with E-state index in [1.165, 1.54) is 12.1 Å². The molecule has 1 saturated heterocycles. The molecule has 4 amide bonds. The number of anilines is 1. The summed E-state index contributed by atoms with van der Waals surface area (Å²) in [5, 5.41) is 10.1. The summed E-state index contributed by atoms with van der Waals surface area (Å²) in [6.45, 7) is 2.27. The second-order valence-corrected chi connectivity index (χ2v) is 11.9. The maximum absolute atomic E-state index is 14.5. The number of nitrogens with zero attached hydrogens (tertiary/aromatic N) is 2. The smallest absolute Gasteiger partial charge is 0.318 e. The molecule has 2 atom stereocenters. The van der Waals surface area contributed by atoms with Gasteiger partial charge in [-0.05, 0) is 66.8 Å². The number of amides is 4. The molecule has 11 heteroatoms. The predicted octanol–water partition coefficient (Wildman–Crippen LogP) is 5.16. The third-order valence-corrected chi connectivity index (χ3v) is 9.07. The van der Waals surface area contributed by atoms with E-state index in [4.69, 9.17) is 23.2 Å². The minimum Gasteiger partial charge on any atom is -0.358 e. The Balaban J connectivity index is 0.000000463. The highest BCUT2D eigenvalue weighted by molar-refractivity contribution is 6.31. The first-order valence-corrected chi connectivity index (χ1v) is 15.0. The summed E-state index contributed by atoms with van der Waals surface area (Å²) in [5.74, 6) is -0.727. The molecule has 3 aromatic rings. The van der Waals surface area contributed by atoms with E-state index < -0.39 is 16.8 Å². The number of halogens is 3. The zero-order valence-electron chi connectivity index (χ0n) is 23.8. The lowest BCUT2D eigenvalue weighted by Crippen LogP contribution is -2.63. The summed E-state index contributed by atoms with van der Waals surface area (Å²) in [4.78, 5) is 42.8. The van der Waals surface area contributed by atoms with Crippen molar-refractivity contribution in [2.24, 2.45) is 0 Å². The molecule has 0 unspecified atom stereocenters. The lowest BCUT2D eigenvalue weighted by Gasteiger charge is -2.45. The van der Waals surface area contributed by atoms with E-state index in [0.29, 0.717) is 61.7 Å². The molecular weight excluding hydrogens is 592 g/mol. The van der Waals surface area contributed by atoms with Gasteiger partial charge in [-0.2, -0.15) is 0 Å². The molecule has 0 aromatic heterocycles. The van der Waals surface area contributed by atoms with Crippen molar-refractivity contribution in [2.75, 3.05) is 45.1 Å². The minimum absolute atomic E-state index is 0.0723. The number of carbonyl (C=O) groups excluding carboxylic acids is 3. The van der Waals surface area contributed by atoms with Crippen LogP contribution in [-0.2, 0) is 20.5 Å². The number of carbonyl (C=O) groups is 3. The van der Waals surface area contributed by atoms with Crippen LogP contribution in [0.1, 0.15) is 30.4 Å². The van der Waals surface area contributed by atoms with Crippen molar-refractivity contribution < 1.29 is 18.8 Å². The Morgan fingerprint density at radius 1 is 0.930 bits per heavy atom. The van der Waals surface area contributed by atoms with Crippen LogP contribution >= 0.6 is 23.2 Å². The number of nitrogens with one attached hydrogen (secondary N) is 3. The molecule has 8 nitrogen and oxygen atoms in total. The van der Waals surface area contributed by atoms with E-state index in [1.54, 1.807) is 36.2 Å².